The molecule has 2 heteroatoms. The van der Waals surface area contributed by atoms with Crippen molar-refractivity contribution in [2.24, 2.45) is 5.10 Å². The van der Waals surface area contributed by atoms with Gasteiger partial charge in [-0.1, -0.05) is 54.6 Å². The van der Waals surface area contributed by atoms with Gasteiger partial charge in [0.25, 0.3) is 0 Å². The fraction of sp³-hybridized carbons (Fsp3) is 0.316. The molecule has 0 N–H and O–H groups in total. The van der Waals surface area contributed by atoms with Crippen molar-refractivity contribution in [1.29, 1.82) is 0 Å². The van der Waals surface area contributed by atoms with E-state index in [0.717, 1.165) is 12.3 Å². The van der Waals surface area contributed by atoms with E-state index >= 15 is 0 Å². The van der Waals surface area contributed by atoms with Crippen molar-refractivity contribution in [3.63, 3.8) is 0 Å². The lowest BCUT2D eigenvalue weighted by Crippen LogP contribution is -2.26. The molecular weight excluding hydrogens is 256 g/mol. The summed E-state index contributed by atoms with van der Waals surface area (Å²) >= 11 is 0. The van der Waals surface area contributed by atoms with Crippen LogP contribution in [0.5, 0.6) is 0 Å². The second-order valence-corrected chi connectivity index (χ2v) is 5.67. The van der Waals surface area contributed by atoms with Gasteiger partial charge in [-0.25, -0.2) is 0 Å². The van der Waals surface area contributed by atoms with E-state index in [9.17, 15) is 0 Å². The van der Waals surface area contributed by atoms with Crippen molar-refractivity contribution in [3.05, 3.63) is 71.3 Å². The summed E-state index contributed by atoms with van der Waals surface area (Å²) in [4.78, 5) is 0. The SMILES string of the molecule is C/C(=N\N(Cc1ccccc1C)C(C)C)c1ccccc1. The van der Waals surface area contributed by atoms with E-state index in [-0.39, 0.29) is 0 Å². The van der Waals surface area contributed by atoms with Crippen molar-refractivity contribution >= 4 is 5.71 Å². The molecule has 0 fully saturated rings. The predicted octanol–water partition coefficient (Wildman–Crippen LogP) is 4.63. The van der Waals surface area contributed by atoms with Crippen molar-refractivity contribution < 1.29 is 0 Å². The molecule has 0 saturated heterocycles. The standard InChI is InChI=1S/C19H24N2/c1-15(2)21(14-19-13-9-8-10-16(19)3)20-17(4)18-11-6-5-7-12-18/h5-13,15H,14H2,1-4H3/b20-17+. The molecule has 0 radical (unpaired) electrons. The minimum absolute atomic E-state index is 0.364. The van der Waals surface area contributed by atoms with Crippen LogP contribution in [0.1, 0.15) is 37.5 Å². The molecule has 2 rings (SSSR count). The van der Waals surface area contributed by atoms with Gasteiger partial charge in [0.15, 0.2) is 0 Å². The first-order valence-electron chi connectivity index (χ1n) is 7.49. The first-order valence-corrected chi connectivity index (χ1v) is 7.49. The van der Waals surface area contributed by atoms with Crippen molar-refractivity contribution in [2.45, 2.75) is 40.3 Å². The van der Waals surface area contributed by atoms with Gasteiger partial charge in [-0.05, 0) is 44.4 Å². The van der Waals surface area contributed by atoms with Gasteiger partial charge in [0, 0.05) is 6.04 Å². The second-order valence-electron chi connectivity index (χ2n) is 5.67. The molecule has 0 heterocycles. The van der Waals surface area contributed by atoms with Gasteiger partial charge < -0.3 is 0 Å². The van der Waals surface area contributed by atoms with Gasteiger partial charge in [0.2, 0.25) is 0 Å². The molecule has 0 amide bonds. The zero-order valence-corrected chi connectivity index (χ0v) is 13.4. The summed E-state index contributed by atoms with van der Waals surface area (Å²) in [5.74, 6) is 0. The maximum Gasteiger partial charge on any atom is 0.0646 e. The molecule has 0 aliphatic rings. The molecule has 0 aliphatic carbocycles. The Balaban J connectivity index is 2.22. The molecule has 2 aromatic rings. The smallest absolute Gasteiger partial charge is 0.0646 e. The Kier molecular flexibility index (Phi) is 5.15. The highest BCUT2D eigenvalue weighted by Crippen LogP contribution is 2.14. The number of hydrazone groups is 1. The van der Waals surface area contributed by atoms with Crippen molar-refractivity contribution in [2.75, 3.05) is 0 Å². The Morgan fingerprint density at radius 1 is 1.00 bits per heavy atom. The first kappa shape index (κ1) is 15.3. The molecule has 0 bridgehead atoms. The van der Waals surface area contributed by atoms with Crippen LogP contribution < -0.4 is 0 Å². The number of rotatable bonds is 5. The lowest BCUT2D eigenvalue weighted by atomic mass is 10.1. The van der Waals surface area contributed by atoms with Crippen molar-refractivity contribution in [1.82, 2.24) is 5.01 Å². The van der Waals surface area contributed by atoms with Crippen LogP contribution in [0.2, 0.25) is 0 Å². The Morgan fingerprint density at radius 2 is 1.62 bits per heavy atom. The third-order valence-electron chi connectivity index (χ3n) is 3.66. The molecule has 2 nitrogen and oxygen atoms in total. The lowest BCUT2D eigenvalue weighted by molar-refractivity contribution is 0.223. The summed E-state index contributed by atoms with van der Waals surface area (Å²) in [5.41, 5.74) is 4.87. The average Bonchev–Trinajstić information content (AvgIpc) is 2.49. The molecule has 0 saturated carbocycles. The van der Waals surface area contributed by atoms with Gasteiger partial charge in [-0.15, -0.1) is 0 Å². The van der Waals surface area contributed by atoms with Gasteiger partial charge in [0.05, 0.1) is 12.3 Å². The number of benzene rings is 2. The highest BCUT2D eigenvalue weighted by molar-refractivity contribution is 5.98. The largest absolute Gasteiger partial charge is 0.290 e. The quantitative estimate of drug-likeness (QED) is 0.576. The van der Waals surface area contributed by atoms with Gasteiger partial charge in [-0.3, -0.25) is 5.01 Å². The molecule has 0 atom stereocenters. The number of aryl methyl sites for hydroxylation is 1. The van der Waals surface area contributed by atoms with Crippen LogP contribution in [0.15, 0.2) is 59.7 Å². The van der Waals surface area contributed by atoms with Crippen molar-refractivity contribution in [3.8, 4) is 0 Å². The molecule has 0 spiro atoms. The predicted molar refractivity (Wildman–Crippen MR) is 90.5 cm³/mol. The highest BCUT2D eigenvalue weighted by atomic mass is 15.5. The van der Waals surface area contributed by atoms with Gasteiger partial charge in [-0.2, -0.15) is 5.10 Å². The van der Waals surface area contributed by atoms with E-state index in [1.54, 1.807) is 0 Å². The summed E-state index contributed by atoms with van der Waals surface area (Å²) in [6.45, 7) is 9.43. The van der Waals surface area contributed by atoms with Crippen LogP contribution in [0.4, 0.5) is 0 Å². The second kappa shape index (κ2) is 7.07. The van der Waals surface area contributed by atoms with Gasteiger partial charge >= 0.3 is 0 Å². The number of nitrogens with zero attached hydrogens (tertiary/aromatic N) is 2. The maximum atomic E-state index is 4.83. The van der Waals surface area contributed by atoms with Crippen LogP contribution in [-0.2, 0) is 6.54 Å². The molecule has 0 aliphatic heterocycles. The van der Waals surface area contributed by atoms with Crippen LogP contribution >= 0.6 is 0 Å². The monoisotopic (exact) mass is 280 g/mol. The summed E-state index contributed by atoms with van der Waals surface area (Å²) in [7, 11) is 0. The van der Waals surface area contributed by atoms with E-state index in [1.165, 1.54) is 16.7 Å². The first-order chi connectivity index (χ1) is 10.1. The summed E-state index contributed by atoms with van der Waals surface area (Å²) < 4.78 is 0. The van der Waals surface area contributed by atoms with Crippen LogP contribution in [0.25, 0.3) is 0 Å². The van der Waals surface area contributed by atoms with Crippen LogP contribution in [-0.4, -0.2) is 16.8 Å². The number of hydrogen-bond donors (Lipinski definition) is 0. The molecular formula is C19H24N2. The molecule has 21 heavy (non-hydrogen) atoms. The van der Waals surface area contributed by atoms with E-state index in [2.05, 4.69) is 81.2 Å². The Labute approximate surface area is 128 Å². The Morgan fingerprint density at radius 3 is 2.24 bits per heavy atom. The molecule has 2 aromatic carbocycles. The molecule has 110 valence electrons. The number of hydrogen-bond acceptors (Lipinski definition) is 2. The summed E-state index contributed by atoms with van der Waals surface area (Å²) in [5, 5.41) is 6.99. The summed E-state index contributed by atoms with van der Waals surface area (Å²) in [6, 6.07) is 19.2. The lowest BCUT2D eigenvalue weighted by Gasteiger charge is -2.25. The molecule has 0 aromatic heterocycles. The third kappa shape index (κ3) is 4.19. The van der Waals surface area contributed by atoms with E-state index < -0.39 is 0 Å². The minimum atomic E-state index is 0.364. The van der Waals surface area contributed by atoms with Crippen LogP contribution in [0.3, 0.4) is 0 Å². The van der Waals surface area contributed by atoms with Crippen LogP contribution in [0, 0.1) is 6.92 Å². The Hall–Kier alpha value is -2.09. The zero-order chi connectivity index (χ0) is 15.2. The normalized spacial score (nSPS) is 11.8. The average molecular weight is 280 g/mol. The van der Waals surface area contributed by atoms with Gasteiger partial charge in [0.1, 0.15) is 0 Å². The van der Waals surface area contributed by atoms with E-state index in [4.69, 9.17) is 5.10 Å². The fourth-order valence-electron chi connectivity index (χ4n) is 2.23. The highest BCUT2D eigenvalue weighted by Gasteiger charge is 2.10. The minimum Gasteiger partial charge on any atom is -0.290 e. The summed E-state index contributed by atoms with van der Waals surface area (Å²) in [6.07, 6.45) is 0. The maximum absolute atomic E-state index is 4.83. The zero-order valence-electron chi connectivity index (χ0n) is 13.4. The van der Waals surface area contributed by atoms with E-state index in [1.807, 2.05) is 6.07 Å². The van der Waals surface area contributed by atoms with E-state index in [0.29, 0.717) is 6.04 Å². The molecule has 0 unspecified atom stereocenters. The Bertz CT molecular complexity index is 600. The topological polar surface area (TPSA) is 15.6 Å². The fourth-order valence-corrected chi connectivity index (χ4v) is 2.23. The third-order valence-corrected chi connectivity index (χ3v) is 3.66.